The molecule has 3 rings (SSSR count). The largest absolute Gasteiger partial charge is 0.493 e. The van der Waals surface area contributed by atoms with Crippen LogP contribution >= 0.6 is 11.6 Å². The number of benzene rings is 3. The van der Waals surface area contributed by atoms with Crippen LogP contribution in [0.4, 0.5) is 11.4 Å². The maximum Gasteiger partial charge on any atom is 0.255 e. The molecule has 0 aromatic heterocycles. The Morgan fingerprint density at radius 1 is 0.871 bits per heavy atom. The van der Waals surface area contributed by atoms with Crippen LogP contribution in [0.2, 0.25) is 5.02 Å². The van der Waals surface area contributed by atoms with E-state index in [0.717, 1.165) is 5.56 Å². The molecule has 0 aliphatic rings. The average molecular weight is 439 g/mol. The zero-order valence-electron chi connectivity index (χ0n) is 17.3. The average Bonchev–Trinajstić information content (AvgIpc) is 2.74. The lowest BCUT2D eigenvalue weighted by Gasteiger charge is -2.14. The van der Waals surface area contributed by atoms with Gasteiger partial charge in [-0.3, -0.25) is 9.59 Å². The van der Waals surface area contributed by atoms with Crippen molar-refractivity contribution in [3.05, 3.63) is 82.9 Å². The second kappa shape index (κ2) is 10.5. The molecule has 0 saturated carbocycles. The number of hydrogen-bond donors (Lipinski definition) is 2. The van der Waals surface area contributed by atoms with Crippen LogP contribution in [0, 0.1) is 0 Å². The molecule has 3 aromatic carbocycles. The second-order valence-electron chi connectivity index (χ2n) is 6.69. The maximum absolute atomic E-state index is 12.8. The summed E-state index contributed by atoms with van der Waals surface area (Å²) in [5.74, 6) is 0.718. The van der Waals surface area contributed by atoms with Crippen molar-refractivity contribution in [1.29, 1.82) is 0 Å². The summed E-state index contributed by atoms with van der Waals surface area (Å²) in [6, 6.07) is 19.3. The fourth-order valence-electron chi connectivity index (χ4n) is 2.93. The third kappa shape index (κ3) is 6.23. The molecule has 0 saturated heterocycles. The van der Waals surface area contributed by atoms with Crippen molar-refractivity contribution >= 4 is 34.8 Å². The summed E-state index contributed by atoms with van der Waals surface area (Å²) >= 11 is 6.16. The Hall–Kier alpha value is -3.51. The standard InChI is InChI=1S/C24H23ClN2O4/c1-3-30-22-12-11-17(13-18(22)15-31-23-10-5-4-9-21(23)25)24(29)27-20-8-6-7-19(14-20)26-16(2)28/h4-14H,3,15H2,1-2H3,(H,26,28)(H,27,29). The van der Waals surface area contributed by atoms with Gasteiger partial charge in [-0.1, -0.05) is 29.8 Å². The van der Waals surface area contributed by atoms with Crippen LogP contribution in [0.1, 0.15) is 29.8 Å². The number of nitrogens with one attached hydrogen (secondary N) is 2. The van der Waals surface area contributed by atoms with Crippen molar-refractivity contribution in [1.82, 2.24) is 0 Å². The van der Waals surface area contributed by atoms with Gasteiger partial charge in [0.25, 0.3) is 5.91 Å². The Labute approximate surface area is 186 Å². The molecule has 2 amide bonds. The summed E-state index contributed by atoms with van der Waals surface area (Å²) in [5, 5.41) is 6.04. The Balaban J connectivity index is 1.78. The summed E-state index contributed by atoms with van der Waals surface area (Å²) in [5.41, 5.74) is 2.34. The second-order valence-corrected chi connectivity index (χ2v) is 7.10. The lowest BCUT2D eigenvalue weighted by Crippen LogP contribution is -2.13. The molecule has 0 bridgehead atoms. The Bertz CT molecular complexity index is 1080. The molecule has 0 spiro atoms. The minimum atomic E-state index is -0.290. The predicted molar refractivity (Wildman–Crippen MR) is 122 cm³/mol. The monoisotopic (exact) mass is 438 g/mol. The molecule has 3 aromatic rings. The smallest absolute Gasteiger partial charge is 0.255 e. The molecule has 31 heavy (non-hydrogen) atoms. The first-order chi connectivity index (χ1) is 15.0. The molecular weight excluding hydrogens is 416 g/mol. The van der Waals surface area contributed by atoms with Crippen LogP contribution in [0.5, 0.6) is 11.5 Å². The lowest BCUT2D eigenvalue weighted by molar-refractivity contribution is -0.114. The van der Waals surface area contributed by atoms with Gasteiger partial charge in [0, 0.05) is 29.4 Å². The van der Waals surface area contributed by atoms with Gasteiger partial charge in [0.2, 0.25) is 5.91 Å². The highest BCUT2D eigenvalue weighted by Crippen LogP contribution is 2.27. The van der Waals surface area contributed by atoms with Gasteiger partial charge in [-0.2, -0.15) is 0 Å². The number of para-hydroxylation sites is 1. The van der Waals surface area contributed by atoms with Crippen LogP contribution in [0.15, 0.2) is 66.7 Å². The highest BCUT2D eigenvalue weighted by Gasteiger charge is 2.13. The van der Waals surface area contributed by atoms with E-state index in [2.05, 4.69) is 10.6 Å². The highest BCUT2D eigenvalue weighted by atomic mass is 35.5. The first-order valence-corrected chi connectivity index (χ1v) is 10.2. The van der Waals surface area contributed by atoms with Gasteiger partial charge in [-0.05, 0) is 55.5 Å². The molecule has 0 atom stereocenters. The van der Waals surface area contributed by atoms with Crippen molar-refractivity contribution < 1.29 is 19.1 Å². The third-order valence-corrected chi connectivity index (χ3v) is 4.60. The van der Waals surface area contributed by atoms with Crippen LogP contribution in [-0.2, 0) is 11.4 Å². The first kappa shape index (κ1) is 22.2. The van der Waals surface area contributed by atoms with Gasteiger partial charge in [-0.15, -0.1) is 0 Å². The number of halogens is 1. The first-order valence-electron chi connectivity index (χ1n) is 9.78. The molecule has 2 N–H and O–H groups in total. The van der Waals surface area contributed by atoms with Crippen LogP contribution in [0.25, 0.3) is 0 Å². The molecular formula is C24H23ClN2O4. The van der Waals surface area contributed by atoms with E-state index >= 15 is 0 Å². The SMILES string of the molecule is CCOc1ccc(C(=O)Nc2cccc(NC(C)=O)c2)cc1COc1ccccc1Cl. The van der Waals surface area contributed by atoms with Crippen LogP contribution < -0.4 is 20.1 Å². The molecule has 0 unspecified atom stereocenters. The molecule has 6 nitrogen and oxygen atoms in total. The van der Waals surface area contributed by atoms with E-state index in [9.17, 15) is 9.59 Å². The Morgan fingerprint density at radius 3 is 2.32 bits per heavy atom. The van der Waals surface area contributed by atoms with E-state index in [-0.39, 0.29) is 18.4 Å². The highest BCUT2D eigenvalue weighted by molar-refractivity contribution is 6.32. The van der Waals surface area contributed by atoms with E-state index in [1.54, 1.807) is 54.6 Å². The fourth-order valence-corrected chi connectivity index (χ4v) is 3.12. The van der Waals surface area contributed by atoms with Crippen LogP contribution in [-0.4, -0.2) is 18.4 Å². The molecule has 7 heteroatoms. The summed E-state index contributed by atoms with van der Waals surface area (Å²) in [6.45, 7) is 4.00. The number of rotatable bonds is 8. The summed E-state index contributed by atoms with van der Waals surface area (Å²) < 4.78 is 11.5. The molecule has 0 aliphatic heterocycles. The van der Waals surface area contributed by atoms with E-state index < -0.39 is 0 Å². The van der Waals surface area contributed by atoms with Gasteiger partial charge < -0.3 is 20.1 Å². The number of amides is 2. The van der Waals surface area contributed by atoms with Gasteiger partial charge in [0.05, 0.1) is 11.6 Å². The van der Waals surface area contributed by atoms with Crippen molar-refractivity contribution in [3.8, 4) is 11.5 Å². The number of carbonyl (C=O) groups is 2. The minimum Gasteiger partial charge on any atom is -0.493 e. The van der Waals surface area contributed by atoms with Gasteiger partial charge in [0.1, 0.15) is 18.1 Å². The Morgan fingerprint density at radius 2 is 1.61 bits per heavy atom. The normalized spacial score (nSPS) is 10.3. The number of carbonyl (C=O) groups excluding carboxylic acids is 2. The molecule has 0 fully saturated rings. The lowest BCUT2D eigenvalue weighted by atomic mass is 10.1. The zero-order chi connectivity index (χ0) is 22.2. The van der Waals surface area contributed by atoms with Crippen molar-refractivity contribution in [2.24, 2.45) is 0 Å². The third-order valence-electron chi connectivity index (χ3n) is 4.28. The van der Waals surface area contributed by atoms with Gasteiger partial charge >= 0.3 is 0 Å². The quantitative estimate of drug-likeness (QED) is 0.485. The van der Waals surface area contributed by atoms with Crippen molar-refractivity contribution in [2.45, 2.75) is 20.5 Å². The van der Waals surface area contributed by atoms with E-state index in [0.29, 0.717) is 40.1 Å². The van der Waals surface area contributed by atoms with Crippen molar-refractivity contribution in [2.75, 3.05) is 17.2 Å². The zero-order valence-corrected chi connectivity index (χ0v) is 18.0. The van der Waals surface area contributed by atoms with Gasteiger partial charge in [-0.25, -0.2) is 0 Å². The number of anilines is 2. The molecule has 0 radical (unpaired) electrons. The van der Waals surface area contributed by atoms with Crippen molar-refractivity contribution in [3.63, 3.8) is 0 Å². The molecule has 160 valence electrons. The number of ether oxygens (including phenoxy) is 2. The predicted octanol–water partition coefficient (Wildman–Crippen LogP) is 5.53. The molecule has 0 aliphatic carbocycles. The van der Waals surface area contributed by atoms with Gasteiger partial charge in [0.15, 0.2) is 0 Å². The summed E-state index contributed by atoms with van der Waals surface area (Å²) in [6.07, 6.45) is 0. The summed E-state index contributed by atoms with van der Waals surface area (Å²) in [7, 11) is 0. The van der Waals surface area contributed by atoms with E-state index in [1.807, 2.05) is 19.1 Å². The van der Waals surface area contributed by atoms with E-state index in [1.165, 1.54) is 6.92 Å². The maximum atomic E-state index is 12.8. The van der Waals surface area contributed by atoms with Crippen LogP contribution in [0.3, 0.4) is 0 Å². The fraction of sp³-hybridized carbons (Fsp3) is 0.167. The number of hydrogen-bond acceptors (Lipinski definition) is 4. The summed E-state index contributed by atoms with van der Waals surface area (Å²) in [4.78, 5) is 24.0. The van der Waals surface area contributed by atoms with E-state index in [4.69, 9.17) is 21.1 Å². The molecule has 0 heterocycles. The Kier molecular flexibility index (Phi) is 7.51. The topological polar surface area (TPSA) is 76.7 Å². The minimum absolute atomic E-state index is 0.182.